The largest absolute Gasteiger partial charge is 0.475 e. The van der Waals surface area contributed by atoms with E-state index in [9.17, 15) is 24.4 Å². The first-order valence-corrected chi connectivity index (χ1v) is 12.4. The highest BCUT2D eigenvalue weighted by molar-refractivity contribution is 6.43. The number of hydrogen-bond donors (Lipinski definition) is 4. The molecule has 0 saturated heterocycles. The molecule has 0 bridgehead atoms. The third kappa shape index (κ3) is 9.87. The van der Waals surface area contributed by atoms with E-state index in [-0.39, 0.29) is 29.7 Å². The Kier molecular flexibility index (Phi) is 11.7. The zero-order valence-corrected chi connectivity index (χ0v) is 21.4. The Hall–Kier alpha value is -3.11. The van der Waals surface area contributed by atoms with Gasteiger partial charge in [-0.2, -0.15) is 0 Å². The summed E-state index contributed by atoms with van der Waals surface area (Å²) in [6, 6.07) is 8.52. The summed E-state index contributed by atoms with van der Waals surface area (Å²) in [5.41, 5.74) is 0.977. The number of nitrogens with one attached hydrogen (secondary N) is 2. The molecule has 194 valence electrons. The highest BCUT2D eigenvalue weighted by Crippen LogP contribution is 2.18. The zero-order valence-electron chi connectivity index (χ0n) is 21.4. The Morgan fingerprint density at radius 1 is 0.944 bits per heavy atom. The Morgan fingerprint density at radius 3 is 2.17 bits per heavy atom. The van der Waals surface area contributed by atoms with Crippen molar-refractivity contribution in [1.29, 1.82) is 0 Å². The lowest BCUT2D eigenvalue weighted by Crippen LogP contribution is -2.50. The van der Waals surface area contributed by atoms with Crippen molar-refractivity contribution >= 4 is 24.7 Å². The highest BCUT2D eigenvalue weighted by atomic mass is 16.4. The number of carbonyl (C=O) groups excluding carboxylic acids is 3. The SMILES string of the molecule is CC(C)C[C@H](NC(=O)[C@@H](CC(=O)[C@H](CC(C)C)NC(=O)c1cnccn1)Cc1ccccc1)B(O)O. The van der Waals surface area contributed by atoms with Crippen molar-refractivity contribution in [3.63, 3.8) is 0 Å². The molecule has 4 N–H and O–H groups in total. The summed E-state index contributed by atoms with van der Waals surface area (Å²) in [5, 5.41) is 25.0. The molecule has 10 heteroatoms. The Bertz CT molecular complexity index is 973. The van der Waals surface area contributed by atoms with Gasteiger partial charge in [0.1, 0.15) is 5.69 Å². The number of hydrogen-bond acceptors (Lipinski definition) is 7. The van der Waals surface area contributed by atoms with Gasteiger partial charge in [0.05, 0.1) is 18.2 Å². The van der Waals surface area contributed by atoms with Crippen LogP contribution in [0.4, 0.5) is 0 Å². The standard InChI is InChI=1S/C26H37BN4O5/c1-17(2)12-21(30-26(34)22-16-28-10-11-29-22)23(32)15-20(14-19-8-6-5-7-9-19)25(33)31-24(27(35)36)13-18(3)4/h5-11,16-18,20-21,24,35-36H,12-15H2,1-4H3,(H,30,34)(H,31,33)/t20-,21+,24+/m1/s1. The number of aromatic nitrogens is 2. The maximum Gasteiger partial charge on any atom is 0.475 e. The lowest BCUT2D eigenvalue weighted by Gasteiger charge is -2.25. The van der Waals surface area contributed by atoms with Crippen LogP contribution in [0, 0.1) is 17.8 Å². The van der Waals surface area contributed by atoms with Crippen LogP contribution >= 0.6 is 0 Å². The van der Waals surface area contributed by atoms with E-state index in [4.69, 9.17) is 0 Å². The third-order valence-electron chi connectivity index (χ3n) is 5.75. The molecule has 0 fully saturated rings. The van der Waals surface area contributed by atoms with Crippen LogP contribution in [0.2, 0.25) is 0 Å². The van der Waals surface area contributed by atoms with Crippen LogP contribution < -0.4 is 10.6 Å². The molecule has 0 radical (unpaired) electrons. The maximum absolute atomic E-state index is 13.4. The number of Topliss-reactive ketones (excluding diaryl/α,β-unsaturated/α-hetero) is 1. The molecule has 1 aromatic carbocycles. The molecule has 3 atom stereocenters. The Morgan fingerprint density at radius 2 is 1.61 bits per heavy atom. The van der Waals surface area contributed by atoms with Crippen LogP contribution in [0.5, 0.6) is 0 Å². The number of nitrogens with zero attached hydrogens (tertiary/aromatic N) is 2. The molecule has 9 nitrogen and oxygen atoms in total. The number of benzene rings is 1. The van der Waals surface area contributed by atoms with E-state index in [0.717, 1.165) is 5.56 Å². The van der Waals surface area contributed by atoms with Gasteiger partial charge >= 0.3 is 7.12 Å². The summed E-state index contributed by atoms with van der Waals surface area (Å²) >= 11 is 0. The molecule has 2 rings (SSSR count). The first kappa shape index (κ1) is 29.1. The molecule has 1 heterocycles. The molecule has 0 unspecified atom stereocenters. The summed E-state index contributed by atoms with van der Waals surface area (Å²) in [7, 11) is -1.72. The van der Waals surface area contributed by atoms with Gasteiger partial charge in [-0.3, -0.25) is 19.4 Å². The number of rotatable bonds is 14. The second-order valence-corrected chi connectivity index (χ2v) is 9.96. The summed E-state index contributed by atoms with van der Waals surface area (Å²) in [6.07, 6.45) is 5.13. The van der Waals surface area contributed by atoms with Gasteiger partial charge in [0, 0.05) is 24.7 Å². The van der Waals surface area contributed by atoms with Crippen LogP contribution in [0.25, 0.3) is 0 Å². The smallest absolute Gasteiger partial charge is 0.426 e. The fourth-order valence-corrected chi connectivity index (χ4v) is 4.00. The van der Waals surface area contributed by atoms with E-state index in [0.29, 0.717) is 19.3 Å². The average Bonchev–Trinajstić information content (AvgIpc) is 2.83. The molecule has 0 aliphatic heterocycles. The Balaban J connectivity index is 2.23. The molecule has 2 aromatic rings. The van der Waals surface area contributed by atoms with E-state index in [1.165, 1.54) is 18.6 Å². The van der Waals surface area contributed by atoms with E-state index in [1.54, 1.807) is 0 Å². The van der Waals surface area contributed by atoms with E-state index >= 15 is 0 Å². The number of amides is 2. The molecular weight excluding hydrogens is 459 g/mol. The van der Waals surface area contributed by atoms with E-state index < -0.39 is 36.8 Å². The summed E-state index contributed by atoms with van der Waals surface area (Å²) in [4.78, 5) is 47.3. The van der Waals surface area contributed by atoms with Gasteiger partial charge in [0.15, 0.2) is 5.78 Å². The van der Waals surface area contributed by atoms with Gasteiger partial charge in [-0.05, 0) is 36.7 Å². The summed E-state index contributed by atoms with van der Waals surface area (Å²) in [5.74, 6) is -2.59. The molecule has 2 amide bonds. The number of ketones is 1. The van der Waals surface area contributed by atoms with Crippen molar-refractivity contribution in [3.8, 4) is 0 Å². The first-order valence-electron chi connectivity index (χ1n) is 12.4. The maximum atomic E-state index is 13.4. The molecule has 36 heavy (non-hydrogen) atoms. The minimum Gasteiger partial charge on any atom is -0.426 e. The van der Waals surface area contributed by atoms with Gasteiger partial charge in [-0.25, -0.2) is 4.98 Å². The lowest BCUT2D eigenvalue weighted by atomic mass is 9.74. The van der Waals surface area contributed by atoms with Crippen LogP contribution in [-0.4, -0.2) is 56.7 Å². The molecule has 0 saturated carbocycles. The first-order chi connectivity index (χ1) is 17.1. The lowest BCUT2D eigenvalue weighted by molar-refractivity contribution is -0.130. The third-order valence-corrected chi connectivity index (χ3v) is 5.75. The van der Waals surface area contributed by atoms with Crippen LogP contribution in [-0.2, 0) is 16.0 Å². The van der Waals surface area contributed by atoms with Gasteiger partial charge in [0.2, 0.25) is 5.91 Å². The second kappa shape index (κ2) is 14.5. The van der Waals surface area contributed by atoms with E-state index in [1.807, 2.05) is 58.0 Å². The Labute approximate surface area is 213 Å². The van der Waals surface area contributed by atoms with Crippen LogP contribution in [0.15, 0.2) is 48.9 Å². The summed E-state index contributed by atoms with van der Waals surface area (Å²) in [6.45, 7) is 7.73. The molecule has 0 aliphatic rings. The van der Waals surface area contributed by atoms with Gasteiger partial charge in [-0.15, -0.1) is 0 Å². The van der Waals surface area contributed by atoms with Crippen molar-refractivity contribution < 1.29 is 24.4 Å². The minimum absolute atomic E-state index is 0.103. The summed E-state index contributed by atoms with van der Waals surface area (Å²) < 4.78 is 0. The quantitative estimate of drug-likeness (QED) is 0.293. The monoisotopic (exact) mass is 496 g/mol. The highest BCUT2D eigenvalue weighted by Gasteiger charge is 2.32. The van der Waals surface area contributed by atoms with Crippen molar-refractivity contribution in [2.75, 3.05) is 0 Å². The van der Waals surface area contributed by atoms with E-state index in [2.05, 4.69) is 20.6 Å². The van der Waals surface area contributed by atoms with Crippen molar-refractivity contribution in [1.82, 2.24) is 20.6 Å². The minimum atomic E-state index is -1.72. The van der Waals surface area contributed by atoms with Crippen molar-refractivity contribution in [3.05, 3.63) is 60.2 Å². The molecule has 0 spiro atoms. The molecule has 0 aliphatic carbocycles. The second-order valence-electron chi connectivity index (χ2n) is 9.96. The predicted octanol–water partition coefficient (Wildman–Crippen LogP) is 1.98. The van der Waals surface area contributed by atoms with Crippen molar-refractivity contribution in [2.45, 2.75) is 65.4 Å². The normalized spacial score (nSPS) is 13.7. The fraction of sp³-hybridized carbons (Fsp3) is 0.500. The molecular formula is C26H37BN4O5. The van der Waals surface area contributed by atoms with Crippen LogP contribution in [0.3, 0.4) is 0 Å². The number of carbonyl (C=O) groups is 3. The van der Waals surface area contributed by atoms with Gasteiger partial charge in [0.25, 0.3) is 5.91 Å². The average molecular weight is 496 g/mol. The van der Waals surface area contributed by atoms with Crippen LogP contribution in [0.1, 0.15) is 63.0 Å². The predicted molar refractivity (Wildman–Crippen MR) is 138 cm³/mol. The van der Waals surface area contributed by atoms with Gasteiger partial charge in [-0.1, -0.05) is 58.0 Å². The topological polar surface area (TPSA) is 142 Å². The molecule has 1 aromatic heterocycles. The van der Waals surface area contributed by atoms with Crippen molar-refractivity contribution in [2.24, 2.45) is 17.8 Å². The fourth-order valence-electron chi connectivity index (χ4n) is 4.00. The zero-order chi connectivity index (χ0) is 26.7. The van der Waals surface area contributed by atoms with Gasteiger partial charge < -0.3 is 20.7 Å².